The molecule has 1 aromatic rings. The van der Waals surface area contributed by atoms with Crippen LogP contribution >= 0.6 is 0 Å². The minimum Gasteiger partial charge on any atom is -0.472 e. The molecule has 2 rings (SSSR count). The first-order chi connectivity index (χ1) is 10.4. The van der Waals surface area contributed by atoms with Gasteiger partial charge in [-0.3, -0.25) is 0 Å². The molecule has 1 aliphatic carbocycles. The second-order valence-electron chi connectivity index (χ2n) is 7.01. The third kappa shape index (κ3) is 5.72. The van der Waals surface area contributed by atoms with Gasteiger partial charge in [-0.15, -0.1) is 0 Å². The summed E-state index contributed by atoms with van der Waals surface area (Å²) in [6.07, 6.45) is 8.71. The first-order valence-electron chi connectivity index (χ1n) is 8.18. The van der Waals surface area contributed by atoms with E-state index in [9.17, 15) is 4.79 Å². The van der Waals surface area contributed by atoms with Crippen molar-refractivity contribution in [1.82, 2.24) is 10.6 Å². The maximum Gasteiger partial charge on any atom is 0.407 e. The fraction of sp³-hybridized carbons (Fsp3) is 0.706. The van der Waals surface area contributed by atoms with E-state index in [1.54, 1.807) is 12.5 Å². The van der Waals surface area contributed by atoms with Crippen molar-refractivity contribution in [2.24, 2.45) is 0 Å². The van der Waals surface area contributed by atoms with E-state index >= 15 is 0 Å². The molecule has 0 aliphatic heterocycles. The Hall–Kier alpha value is -1.49. The summed E-state index contributed by atoms with van der Waals surface area (Å²) in [5.41, 5.74) is 0.661. The highest BCUT2D eigenvalue weighted by Crippen LogP contribution is 2.19. The molecule has 0 spiro atoms. The van der Waals surface area contributed by atoms with Crippen molar-refractivity contribution in [3.63, 3.8) is 0 Å². The molecule has 1 aliphatic rings. The number of hydrogen-bond acceptors (Lipinski definition) is 4. The maximum atomic E-state index is 12.0. The van der Waals surface area contributed by atoms with Gasteiger partial charge in [0.05, 0.1) is 12.5 Å². The Balaban J connectivity index is 1.90. The number of nitrogens with one attached hydrogen (secondary N) is 2. The van der Waals surface area contributed by atoms with Crippen LogP contribution in [-0.4, -0.2) is 23.8 Å². The number of rotatable bonds is 4. The number of amides is 1. The lowest BCUT2D eigenvalue weighted by molar-refractivity contribution is 0.0489. The molecule has 124 valence electrons. The van der Waals surface area contributed by atoms with Gasteiger partial charge in [0.2, 0.25) is 0 Å². The molecule has 1 fully saturated rings. The van der Waals surface area contributed by atoms with Crippen molar-refractivity contribution in [3.05, 3.63) is 24.2 Å². The van der Waals surface area contributed by atoms with Crippen LogP contribution < -0.4 is 10.6 Å². The predicted molar refractivity (Wildman–Crippen MR) is 85.6 cm³/mol. The molecule has 5 nitrogen and oxygen atoms in total. The molecule has 0 saturated heterocycles. The van der Waals surface area contributed by atoms with Gasteiger partial charge in [-0.05, 0) is 39.7 Å². The molecule has 2 atom stereocenters. The summed E-state index contributed by atoms with van der Waals surface area (Å²) in [6, 6.07) is 2.34. The average molecular weight is 308 g/mol. The van der Waals surface area contributed by atoms with Crippen LogP contribution in [0.3, 0.4) is 0 Å². The number of hydrogen-bond donors (Lipinski definition) is 2. The molecular weight excluding hydrogens is 280 g/mol. The van der Waals surface area contributed by atoms with Crippen molar-refractivity contribution in [3.8, 4) is 0 Å². The highest BCUT2D eigenvalue weighted by Gasteiger charge is 2.27. The monoisotopic (exact) mass is 308 g/mol. The number of carbonyl (C=O) groups excluding carboxylic acids is 1. The predicted octanol–water partition coefficient (Wildman–Crippen LogP) is 3.60. The van der Waals surface area contributed by atoms with Crippen LogP contribution in [0.25, 0.3) is 0 Å². The summed E-state index contributed by atoms with van der Waals surface area (Å²) in [5.74, 6) is 0. The van der Waals surface area contributed by atoms with Gasteiger partial charge < -0.3 is 19.8 Å². The van der Waals surface area contributed by atoms with E-state index in [0.717, 1.165) is 31.4 Å². The van der Waals surface area contributed by atoms with Gasteiger partial charge in [0.1, 0.15) is 5.60 Å². The van der Waals surface area contributed by atoms with Crippen LogP contribution in [0, 0.1) is 0 Å². The summed E-state index contributed by atoms with van der Waals surface area (Å²) in [5, 5.41) is 6.60. The Morgan fingerprint density at radius 2 is 2.00 bits per heavy atom. The lowest BCUT2D eigenvalue weighted by Crippen LogP contribution is -2.50. The zero-order valence-corrected chi connectivity index (χ0v) is 13.9. The smallest absolute Gasteiger partial charge is 0.407 e. The zero-order chi connectivity index (χ0) is 16.0. The molecule has 5 heteroatoms. The highest BCUT2D eigenvalue weighted by atomic mass is 16.6. The molecule has 0 aromatic carbocycles. The molecule has 0 bridgehead atoms. The van der Waals surface area contributed by atoms with E-state index in [1.807, 2.05) is 26.8 Å². The van der Waals surface area contributed by atoms with E-state index in [2.05, 4.69) is 10.6 Å². The van der Waals surface area contributed by atoms with Crippen LogP contribution in [-0.2, 0) is 11.3 Å². The van der Waals surface area contributed by atoms with Gasteiger partial charge in [0, 0.05) is 24.2 Å². The van der Waals surface area contributed by atoms with Crippen LogP contribution in [0.5, 0.6) is 0 Å². The van der Waals surface area contributed by atoms with Crippen LogP contribution in [0.15, 0.2) is 23.0 Å². The van der Waals surface area contributed by atoms with Gasteiger partial charge in [-0.2, -0.15) is 0 Å². The van der Waals surface area contributed by atoms with Crippen LogP contribution in [0.1, 0.15) is 58.4 Å². The molecule has 1 amide bonds. The van der Waals surface area contributed by atoms with Crippen molar-refractivity contribution in [2.75, 3.05) is 0 Å². The molecular formula is C17H28N2O3. The fourth-order valence-corrected chi connectivity index (χ4v) is 2.83. The summed E-state index contributed by atoms with van der Waals surface area (Å²) < 4.78 is 10.5. The maximum absolute atomic E-state index is 12.0. The summed E-state index contributed by atoms with van der Waals surface area (Å²) in [7, 11) is 0. The largest absolute Gasteiger partial charge is 0.472 e. The van der Waals surface area contributed by atoms with Crippen molar-refractivity contribution < 1.29 is 13.9 Å². The fourth-order valence-electron chi connectivity index (χ4n) is 2.83. The van der Waals surface area contributed by atoms with E-state index in [4.69, 9.17) is 9.15 Å². The third-order valence-corrected chi connectivity index (χ3v) is 3.87. The van der Waals surface area contributed by atoms with Gasteiger partial charge in [0.25, 0.3) is 0 Å². The number of alkyl carbamates (subject to hydrolysis) is 1. The van der Waals surface area contributed by atoms with Crippen LogP contribution in [0.4, 0.5) is 4.79 Å². The van der Waals surface area contributed by atoms with E-state index in [1.165, 1.54) is 12.8 Å². The number of carbonyl (C=O) groups is 1. The molecule has 0 radical (unpaired) electrons. The number of ether oxygens (including phenoxy) is 1. The Labute approximate surface area is 132 Å². The van der Waals surface area contributed by atoms with E-state index in [0.29, 0.717) is 0 Å². The van der Waals surface area contributed by atoms with Crippen molar-refractivity contribution >= 4 is 6.09 Å². The third-order valence-electron chi connectivity index (χ3n) is 3.87. The van der Waals surface area contributed by atoms with Gasteiger partial charge >= 0.3 is 6.09 Å². The standard InChI is InChI=1S/C17H28N2O3/c1-17(2,3)22-16(20)19-15-8-6-4-5-7-14(15)18-11-13-9-10-21-12-13/h9-10,12,14-15,18H,4-8,11H2,1-3H3,(H,19,20). The average Bonchev–Trinajstić information content (AvgIpc) is 2.83. The Morgan fingerprint density at radius 3 is 2.64 bits per heavy atom. The topological polar surface area (TPSA) is 63.5 Å². The van der Waals surface area contributed by atoms with Gasteiger partial charge in [0.15, 0.2) is 0 Å². The quantitative estimate of drug-likeness (QED) is 0.834. The molecule has 1 heterocycles. The van der Waals surface area contributed by atoms with Gasteiger partial charge in [-0.1, -0.05) is 19.3 Å². The summed E-state index contributed by atoms with van der Waals surface area (Å²) in [4.78, 5) is 12.0. The molecule has 1 saturated carbocycles. The second kappa shape index (κ2) is 7.68. The molecule has 2 unspecified atom stereocenters. The number of furan rings is 1. The van der Waals surface area contributed by atoms with E-state index in [-0.39, 0.29) is 18.2 Å². The van der Waals surface area contributed by atoms with Gasteiger partial charge in [-0.25, -0.2) is 4.79 Å². The zero-order valence-electron chi connectivity index (χ0n) is 13.9. The molecule has 2 N–H and O–H groups in total. The normalized spacial score (nSPS) is 22.9. The van der Waals surface area contributed by atoms with Crippen molar-refractivity contribution in [1.29, 1.82) is 0 Å². The Bertz CT molecular complexity index is 451. The highest BCUT2D eigenvalue weighted by molar-refractivity contribution is 5.68. The minimum absolute atomic E-state index is 0.115. The second-order valence-corrected chi connectivity index (χ2v) is 7.01. The molecule has 22 heavy (non-hydrogen) atoms. The summed E-state index contributed by atoms with van der Waals surface area (Å²) in [6.45, 7) is 6.41. The SMILES string of the molecule is CC(C)(C)OC(=O)NC1CCCCCC1NCc1ccoc1. The first kappa shape index (κ1) is 16.9. The lowest BCUT2D eigenvalue weighted by atomic mass is 10.0. The lowest BCUT2D eigenvalue weighted by Gasteiger charge is -2.28. The molecule has 1 aromatic heterocycles. The van der Waals surface area contributed by atoms with Crippen molar-refractivity contribution in [2.45, 2.75) is 77.1 Å². The Morgan fingerprint density at radius 1 is 1.27 bits per heavy atom. The first-order valence-corrected chi connectivity index (χ1v) is 8.18. The Kier molecular flexibility index (Phi) is 5.89. The minimum atomic E-state index is -0.464. The van der Waals surface area contributed by atoms with E-state index < -0.39 is 5.60 Å². The van der Waals surface area contributed by atoms with Crippen LogP contribution in [0.2, 0.25) is 0 Å². The summed E-state index contributed by atoms with van der Waals surface area (Å²) >= 11 is 0.